The van der Waals surface area contributed by atoms with Crippen molar-refractivity contribution in [2.75, 3.05) is 0 Å². The molecule has 2 aromatic rings. The maximum Gasteiger partial charge on any atom is 0.309 e. The number of rotatable bonds is 11. The number of carbonyl (C=O) groups is 1. The predicted molar refractivity (Wildman–Crippen MR) is 121 cm³/mol. The molecule has 2 atom stereocenters. The van der Waals surface area contributed by atoms with E-state index >= 15 is 0 Å². The average molecular weight is 393 g/mol. The molecular weight excluding hydrogens is 356 g/mol. The minimum absolute atomic E-state index is 0.00953. The first kappa shape index (κ1) is 21.6. The van der Waals surface area contributed by atoms with Crippen molar-refractivity contribution in [2.24, 2.45) is 5.92 Å². The van der Waals surface area contributed by atoms with Gasteiger partial charge in [-0.25, -0.2) is 0 Å². The van der Waals surface area contributed by atoms with Gasteiger partial charge in [-0.1, -0.05) is 101 Å². The largest absolute Gasteiger partial charge is 0.457 e. The smallest absolute Gasteiger partial charge is 0.309 e. The molecule has 1 heterocycles. The molecule has 0 N–H and O–H groups in total. The van der Waals surface area contributed by atoms with Gasteiger partial charge in [0.15, 0.2) is 0 Å². The average Bonchev–Trinajstić information content (AvgIpc) is 3.13. The molecule has 0 radical (unpaired) electrons. The number of esters is 1. The molecule has 0 bridgehead atoms. The van der Waals surface area contributed by atoms with E-state index in [-0.39, 0.29) is 18.0 Å². The fraction of sp³-hybridized carbons (Fsp3) is 0.519. The van der Waals surface area contributed by atoms with E-state index in [4.69, 9.17) is 4.74 Å². The molecule has 1 fully saturated rings. The molecule has 0 spiro atoms. The SMILES string of the molecule is CCCCCCc1ccc(-c2ccc(C3CC(CCCCC)C(=O)O3)cc2)cc1. The number of cyclic esters (lactones) is 1. The summed E-state index contributed by atoms with van der Waals surface area (Å²) in [5.41, 5.74) is 5.01. The maximum atomic E-state index is 12.2. The first-order chi connectivity index (χ1) is 14.2. The van der Waals surface area contributed by atoms with Crippen LogP contribution in [0.2, 0.25) is 0 Å². The zero-order valence-electron chi connectivity index (χ0n) is 18.2. The summed E-state index contributed by atoms with van der Waals surface area (Å²) in [7, 11) is 0. The van der Waals surface area contributed by atoms with Gasteiger partial charge in [0.05, 0.1) is 5.92 Å². The molecule has 156 valence electrons. The summed E-state index contributed by atoms with van der Waals surface area (Å²) in [6.45, 7) is 4.45. The number of unbranched alkanes of at least 4 members (excludes halogenated alkanes) is 5. The maximum absolute atomic E-state index is 12.2. The van der Waals surface area contributed by atoms with Crippen molar-refractivity contribution in [3.05, 3.63) is 59.7 Å². The van der Waals surface area contributed by atoms with Crippen LogP contribution >= 0.6 is 0 Å². The molecule has 1 saturated heterocycles. The van der Waals surface area contributed by atoms with Gasteiger partial charge in [0, 0.05) is 6.42 Å². The molecule has 1 aliphatic rings. The van der Waals surface area contributed by atoms with Crippen molar-refractivity contribution in [2.45, 2.75) is 84.2 Å². The van der Waals surface area contributed by atoms with E-state index in [1.807, 2.05) is 0 Å². The third kappa shape index (κ3) is 6.19. The lowest BCUT2D eigenvalue weighted by Gasteiger charge is -2.11. The Kier molecular flexibility index (Phi) is 8.34. The quantitative estimate of drug-likeness (QED) is 0.290. The fourth-order valence-corrected chi connectivity index (χ4v) is 4.23. The van der Waals surface area contributed by atoms with Crippen LogP contribution in [0.15, 0.2) is 48.5 Å². The zero-order chi connectivity index (χ0) is 20.5. The summed E-state index contributed by atoms with van der Waals surface area (Å²) in [6.07, 6.45) is 11.6. The molecule has 0 amide bonds. The highest BCUT2D eigenvalue weighted by Gasteiger charge is 2.34. The van der Waals surface area contributed by atoms with Crippen molar-refractivity contribution in [3.63, 3.8) is 0 Å². The predicted octanol–water partition coefficient (Wildman–Crippen LogP) is 7.66. The molecule has 2 aromatic carbocycles. The summed E-state index contributed by atoms with van der Waals surface area (Å²) < 4.78 is 5.67. The van der Waals surface area contributed by atoms with Crippen LogP contribution in [0.4, 0.5) is 0 Å². The topological polar surface area (TPSA) is 26.3 Å². The monoisotopic (exact) mass is 392 g/mol. The third-order valence-electron chi connectivity index (χ3n) is 6.14. The van der Waals surface area contributed by atoms with Crippen LogP contribution in [0.5, 0.6) is 0 Å². The normalized spacial score (nSPS) is 18.8. The van der Waals surface area contributed by atoms with Crippen molar-refractivity contribution in [1.29, 1.82) is 0 Å². The first-order valence-electron chi connectivity index (χ1n) is 11.6. The van der Waals surface area contributed by atoms with Gasteiger partial charge in [-0.05, 0) is 41.5 Å². The molecule has 0 aromatic heterocycles. The Morgan fingerprint density at radius 2 is 1.41 bits per heavy atom. The summed E-state index contributed by atoms with van der Waals surface area (Å²) in [5, 5.41) is 0. The number of ether oxygens (including phenoxy) is 1. The van der Waals surface area contributed by atoms with E-state index in [2.05, 4.69) is 62.4 Å². The minimum atomic E-state index is -0.0753. The van der Waals surface area contributed by atoms with Crippen LogP contribution in [0.1, 0.15) is 88.9 Å². The summed E-state index contributed by atoms with van der Waals surface area (Å²) in [5.74, 6) is 0.0702. The molecule has 29 heavy (non-hydrogen) atoms. The second kappa shape index (κ2) is 11.2. The van der Waals surface area contributed by atoms with E-state index in [0.29, 0.717) is 0 Å². The van der Waals surface area contributed by atoms with Crippen LogP contribution in [0, 0.1) is 5.92 Å². The number of hydrogen-bond donors (Lipinski definition) is 0. The van der Waals surface area contributed by atoms with Crippen LogP contribution in [0.3, 0.4) is 0 Å². The highest BCUT2D eigenvalue weighted by molar-refractivity contribution is 5.75. The van der Waals surface area contributed by atoms with Gasteiger partial charge in [0.25, 0.3) is 0 Å². The van der Waals surface area contributed by atoms with Crippen molar-refractivity contribution < 1.29 is 9.53 Å². The lowest BCUT2D eigenvalue weighted by atomic mass is 9.94. The van der Waals surface area contributed by atoms with Crippen LogP contribution in [-0.2, 0) is 16.0 Å². The molecule has 0 saturated carbocycles. The summed E-state index contributed by atoms with van der Waals surface area (Å²) in [6, 6.07) is 17.5. The zero-order valence-corrected chi connectivity index (χ0v) is 18.2. The number of carbonyl (C=O) groups excluding carboxylic acids is 1. The molecule has 3 rings (SSSR count). The standard InChI is InChI=1S/C27H36O2/c1-3-5-7-9-10-21-12-14-22(15-13-21)23-16-18-24(19-17-23)26-20-25(27(28)29-26)11-8-6-4-2/h12-19,25-26H,3-11,20H2,1-2H3. The van der Waals surface area contributed by atoms with E-state index in [1.54, 1.807) is 0 Å². The minimum Gasteiger partial charge on any atom is -0.457 e. The van der Waals surface area contributed by atoms with E-state index in [0.717, 1.165) is 24.8 Å². The van der Waals surface area contributed by atoms with E-state index in [9.17, 15) is 4.79 Å². The Morgan fingerprint density at radius 1 is 0.793 bits per heavy atom. The molecular formula is C27H36O2. The Hall–Kier alpha value is -2.09. The molecule has 0 aliphatic carbocycles. The number of hydrogen-bond acceptors (Lipinski definition) is 2. The number of aryl methyl sites for hydroxylation is 1. The first-order valence-corrected chi connectivity index (χ1v) is 11.6. The second-order valence-electron chi connectivity index (χ2n) is 8.48. The molecule has 2 heteroatoms. The summed E-state index contributed by atoms with van der Waals surface area (Å²) in [4.78, 5) is 12.2. The third-order valence-corrected chi connectivity index (χ3v) is 6.14. The molecule has 1 aliphatic heterocycles. The highest BCUT2D eigenvalue weighted by Crippen LogP contribution is 2.36. The van der Waals surface area contributed by atoms with Gasteiger partial charge in [0.2, 0.25) is 0 Å². The van der Waals surface area contributed by atoms with Crippen molar-refractivity contribution >= 4 is 5.97 Å². The Labute approximate surface area is 176 Å². The molecule has 2 nitrogen and oxygen atoms in total. The van der Waals surface area contributed by atoms with Gasteiger partial charge < -0.3 is 4.74 Å². The van der Waals surface area contributed by atoms with E-state index < -0.39 is 0 Å². The summed E-state index contributed by atoms with van der Waals surface area (Å²) >= 11 is 0. The van der Waals surface area contributed by atoms with E-state index in [1.165, 1.54) is 61.6 Å². The fourth-order valence-electron chi connectivity index (χ4n) is 4.23. The van der Waals surface area contributed by atoms with Gasteiger partial charge in [-0.3, -0.25) is 4.79 Å². The van der Waals surface area contributed by atoms with Crippen LogP contribution < -0.4 is 0 Å². The highest BCUT2D eigenvalue weighted by atomic mass is 16.5. The van der Waals surface area contributed by atoms with Gasteiger partial charge in [-0.15, -0.1) is 0 Å². The lowest BCUT2D eigenvalue weighted by molar-refractivity contribution is -0.144. The second-order valence-corrected chi connectivity index (χ2v) is 8.48. The lowest BCUT2D eigenvalue weighted by Crippen LogP contribution is -2.06. The van der Waals surface area contributed by atoms with Crippen molar-refractivity contribution in [1.82, 2.24) is 0 Å². The van der Waals surface area contributed by atoms with Gasteiger partial charge in [-0.2, -0.15) is 0 Å². The van der Waals surface area contributed by atoms with Crippen molar-refractivity contribution in [3.8, 4) is 11.1 Å². The van der Waals surface area contributed by atoms with Crippen LogP contribution in [0.25, 0.3) is 11.1 Å². The van der Waals surface area contributed by atoms with Gasteiger partial charge in [0.1, 0.15) is 6.10 Å². The van der Waals surface area contributed by atoms with Gasteiger partial charge >= 0.3 is 5.97 Å². The number of benzene rings is 2. The Bertz CT molecular complexity index is 745. The Balaban J connectivity index is 1.55. The van der Waals surface area contributed by atoms with Crippen LogP contribution in [-0.4, -0.2) is 5.97 Å². The molecule has 2 unspecified atom stereocenters. The Morgan fingerprint density at radius 3 is 2.07 bits per heavy atom.